The Hall–Kier alpha value is -3.13. The molecule has 6 nitrogen and oxygen atoms in total. The Morgan fingerprint density at radius 2 is 1.89 bits per heavy atom. The van der Waals surface area contributed by atoms with Gasteiger partial charge in [-0.25, -0.2) is 4.39 Å². The van der Waals surface area contributed by atoms with Gasteiger partial charge in [0.2, 0.25) is 0 Å². The molecule has 2 aromatic carbocycles. The fourth-order valence-corrected chi connectivity index (χ4v) is 3.84. The second kappa shape index (κ2) is 7.63. The number of nitrogens with zero attached hydrogens (tertiary/aromatic N) is 3. The van der Waals surface area contributed by atoms with Crippen LogP contribution in [0.2, 0.25) is 0 Å². The maximum absolute atomic E-state index is 13.2. The lowest BCUT2D eigenvalue weighted by molar-refractivity contribution is -0.385. The smallest absolute Gasteiger partial charge is 0.286 e. The van der Waals surface area contributed by atoms with Crippen LogP contribution in [0, 0.1) is 15.9 Å². The van der Waals surface area contributed by atoms with Crippen LogP contribution in [0.25, 0.3) is 11.3 Å². The van der Waals surface area contributed by atoms with Crippen LogP contribution < -0.4 is 4.80 Å². The zero-order chi connectivity index (χ0) is 19.6. The van der Waals surface area contributed by atoms with Crippen molar-refractivity contribution in [1.29, 1.82) is 0 Å². The lowest BCUT2D eigenvalue weighted by atomic mass is 10.1. The molecule has 3 aromatic rings. The number of carbonyl (C=O) groups is 1. The number of hydrogen-bond donors (Lipinski definition) is 0. The lowest BCUT2D eigenvalue weighted by Gasteiger charge is -2.05. The molecule has 0 saturated carbocycles. The highest BCUT2D eigenvalue weighted by Crippen LogP contribution is 2.26. The summed E-state index contributed by atoms with van der Waals surface area (Å²) in [5.41, 5.74) is 1.32. The molecule has 0 saturated heterocycles. The number of aromatic nitrogens is 1. The Morgan fingerprint density at radius 3 is 2.52 bits per heavy atom. The number of benzene rings is 2. The number of aryl methyl sites for hydroxylation is 1. The summed E-state index contributed by atoms with van der Waals surface area (Å²) in [6.07, 6.45) is 0.709. The number of nitro benzene ring substituents is 1. The van der Waals surface area contributed by atoms with Crippen molar-refractivity contribution in [3.8, 4) is 11.3 Å². The van der Waals surface area contributed by atoms with Crippen LogP contribution in [0.15, 0.2) is 53.5 Å². The van der Waals surface area contributed by atoms with Crippen LogP contribution in [0.3, 0.4) is 0 Å². The minimum atomic E-state index is -0.674. The monoisotopic (exact) mass is 385 g/mol. The molecule has 3 rings (SSSR count). The van der Waals surface area contributed by atoms with E-state index in [1.54, 1.807) is 29.8 Å². The van der Waals surface area contributed by atoms with Gasteiger partial charge in [0.25, 0.3) is 11.6 Å². The van der Waals surface area contributed by atoms with E-state index in [0.29, 0.717) is 11.2 Å². The SMILES string of the molecule is CCc1sc(=NC(=O)c2ccccc2[N+](=O)[O-])n(C)c1-c1ccc(F)cc1. The summed E-state index contributed by atoms with van der Waals surface area (Å²) in [7, 11) is 1.76. The Kier molecular flexibility index (Phi) is 5.27. The maximum atomic E-state index is 13.2. The quantitative estimate of drug-likeness (QED) is 0.501. The summed E-state index contributed by atoms with van der Waals surface area (Å²) in [5, 5.41) is 11.1. The van der Waals surface area contributed by atoms with Crippen molar-refractivity contribution in [3.63, 3.8) is 0 Å². The fraction of sp³-hybridized carbons (Fsp3) is 0.158. The van der Waals surface area contributed by atoms with Gasteiger partial charge in [0.1, 0.15) is 11.4 Å². The third kappa shape index (κ3) is 3.70. The van der Waals surface area contributed by atoms with Crippen LogP contribution in [-0.4, -0.2) is 15.4 Å². The number of hydrogen-bond acceptors (Lipinski definition) is 4. The van der Waals surface area contributed by atoms with Gasteiger partial charge in [-0.2, -0.15) is 4.99 Å². The van der Waals surface area contributed by atoms with Crippen LogP contribution in [0.4, 0.5) is 10.1 Å². The average molecular weight is 385 g/mol. The van der Waals surface area contributed by atoms with Crippen LogP contribution in [0.1, 0.15) is 22.2 Å². The number of rotatable bonds is 4. The summed E-state index contributed by atoms with van der Waals surface area (Å²) >= 11 is 1.33. The molecule has 8 heteroatoms. The molecule has 0 unspecified atom stereocenters. The van der Waals surface area contributed by atoms with Crippen LogP contribution >= 0.6 is 11.3 Å². The molecular weight excluding hydrogens is 369 g/mol. The third-order valence-electron chi connectivity index (χ3n) is 4.07. The molecule has 0 fully saturated rings. The van der Waals surface area contributed by atoms with Gasteiger partial charge in [-0.1, -0.05) is 19.1 Å². The Bertz CT molecular complexity index is 1080. The first kappa shape index (κ1) is 18.7. The zero-order valence-corrected chi connectivity index (χ0v) is 15.5. The van der Waals surface area contributed by atoms with Gasteiger partial charge in [0.15, 0.2) is 4.80 Å². The molecule has 0 atom stereocenters. The second-order valence-corrected chi connectivity index (χ2v) is 6.83. The van der Waals surface area contributed by atoms with E-state index in [1.807, 2.05) is 6.92 Å². The fourth-order valence-electron chi connectivity index (χ4n) is 2.77. The van der Waals surface area contributed by atoms with Crippen molar-refractivity contribution in [2.45, 2.75) is 13.3 Å². The average Bonchev–Trinajstić information content (AvgIpc) is 2.98. The van der Waals surface area contributed by atoms with Crippen molar-refractivity contribution in [3.05, 3.63) is 79.7 Å². The molecule has 0 aliphatic carbocycles. The maximum Gasteiger partial charge on any atom is 0.286 e. The highest BCUT2D eigenvalue weighted by molar-refractivity contribution is 7.09. The molecule has 0 spiro atoms. The summed E-state index contributed by atoms with van der Waals surface area (Å²) in [4.78, 5) is 28.6. The first-order valence-electron chi connectivity index (χ1n) is 8.19. The van der Waals surface area contributed by atoms with E-state index in [4.69, 9.17) is 0 Å². The molecular formula is C19H16FN3O3S. The molecule has 1 heterocycles. The van der Waals surface area contributed by atoms with Crippen molar-refractivity contribution < 1.29 is 14.1 Å². The first-order valence-corrected chi connectivity index (χ1v) is 9.01. The molecule has 0 N–H and O–H groups in total. The minimum absolute atomic E-state index is 0.0581. The highest BCUT2D eigenvalue weighted by Gasteiger charge is 2.20. The number of halogens is 1. The van der Waals surface area contributed by atoms with E-state index in [1.165, 1.54) is 41.7 Å². The van der Waals surface area contributed by atoms with Gasteiger partial charge in [0.05, 0.1) is 10.6 Å². The largest absolute Gasteiger partial charge is 0.319 e. The van der Waals surface area contributed by atoms with Crippen molar-refractivity contribution in [2.75, 3.05) is 0 Å². The first-order chi connectivity index (χ1) is 12.9. The number of nitro groups is 1. The highest BCUT2D eigenvalue weighted by atomic mass is 32.1. The van der Waals surface area contributed by atoms with Crippen LogP contribution in [-0.2, 0) is 13.5 Å². The third-order valence-corrected chi connectivity index (χ3v) is 5.34. The van der Waals surface area contributed by atoms with Gasteiger partial charge in [-0.05, 0) is 42.3 Å². The molecule has 27 heavy (non-hydrogen) atoms. The van der Waals surface area contributed by atoms with Crippen molar-refractivity contribution in [2.24, 2.45) is 12.0 Å². The Morgan fingerprint density at radius 1 is 1.22 bits per heavy atom. The van der Waals surface area contributed by atoms with Gasteiger partial charge in [0, 0.05) is 18.0 Å². The molecule has 0 bridgehead atoms. The zero-order valence-electron chi connectivity index (χ0n) is 14.7. The van der Waals surface area contributed by atoms with Crippen LogP contribution in [0.5, 0.6) is 0 Å². The Balaban J connectivity index is 2.12. The normalized spacial score (nSPS) is 11.6. The predicted octanol–water partition coefficient (Wildman–Crippen LogP) is 4.10. The summed E-state index contributed by atoms with van der Waals surface area (Å²) in [5.74, 6) is -1.00. The van der Waals surface area contributed by atoms with Gasteiger partial charge in [-0.3, -0.25) is 14.9 Å². The van der Waals surface area contributed by atoms with E-state index >= 15 is 0 Å². The molecule has 138 valence electrons. The predicted molar refractivity (Wildman–Crippen MR) is 101 cm³/mol. The van der Waals surface area contributed by atoms with Gasteiger partial charge >= 0.3 is 0 Å². The van der Waals surface area contributed by atoms with Crippen molar-refractivity contribution >= 4 is 22.9 Å². The van der Waals surface area contributed by atoms with Crippen molar-refractivity contribution in [1.82, 2.24) is 4.57 Å². The molecule has 1 amide bonds. The van der Waals surface area contributed by atoms with E-state index in [9.17, 15) is 19.3 Å². The number of amides is 1. The topological polar surface area (TPSA) is 77.5 Å². The van der Waals surface area contributed by atoms with E-state index in [-0.39, 0.29) is 17.1 Å². The molecule has 0 radical (unpaired) electrons. The summed E-state index contributed by atoms with van der Waals surface area (Å²) < 4.78 is 15.0. The number of para-hydroxylation sites is 1. The van der Waals surface area contributed by atoms with E-state index in [0.717, 1.165) is 16.1 Å². The number of carbonyl (C=O) groups excluding carboxylic acids is 1. The number of thiazole rings is 1. The summed E-state index contributed by atoms with van der Waals surface area (Å²) in [6, 6.07) is 11.8. The van der Waals surface area contributed by atoms with Gasteiger partial charge in [-0.15, -0.1) is 11.3 Å². The van der Waals surface area contributed by atoms with E-state index < -0.39 is 10.8 Å². The Labute approximate surface area is 158 Å². The summed E-state index contributed by atoms with van der Waals surface area (Å²) in [6.45, 7) is 1.98. The van der Waals surface area contributed by atoms with E-state index in [2.05, 4.69) is 4.99 Å². The minimum Gasteiger partial charge on any atom is -0.319 e. The lowest BCUT2D eigenvalue weighted by Crippen LogP contribution is -2.15. The second-order valence-electron chi connectivity index (χ2n) is 5.77. The molecule has 0 aliphatic rings. The standard InChI is InChI=1S/C19H16FN3O3S/c1-3-16-17(12-8-10-13(20)11-9-12)22(2)19(27-16)21-18(24)14-6-4-5-7-15(14)23(25)26/h4-11H,3H2,1-2H3. The van der Waals surface area contributed by atoms with Gasteiger partial charge < -0.3 is 4.57 Å². The molecule has 1 aromatic heterocycles. The molecule has 0 aliphatic heterocycles.